The molecule has 0 spiro atoms. The summed E-state index contributed by atoms with van der Waals surface area (Å²) in [6.07, 6.45) is 1.92. The fourth-order valence-electron chi connectivity index (χ4n) is 11.4. The molecule has 81 heavy (non-hydrogen) atoms. The third-order valence-corrected chi connectivity index (χ3v) is 20.4. The van der Waals surface area contributed by atoms with Gasteiger partial charge in [-0.05, 0) is 99.5 Å². The van der Waals surface area contributed by atoms with Crippen LogP contribution in [-0.4, -0.2) is 23.6 Å². The number of ether oxygens (including phenoxy) is 1. The van der Waals surface area contributed by atoms with Gasteiger partial charge in [0.2, 0.25) is 5.69 Å². The van der Waals surface area contributed by atoms with Crippen LogP contribution in [0.25, 0.3) is 43.6 Å². The number of hydrogen-bond donors (Lipinski definition) is 0. The Balaban J connectivity index is 0.00000690. The van der Waals surface area contributed by atoms with Gasteiger partial charge in [-0.1, -0.05) is 218 Å². The maximum Gasteiger partial charge on any atom is 2.00 e. The van der Waals surface area contributed by atoms with E-state index in [-0.39, 0.29) is 37.3 Å². The number of aromatic nitrogens is 2. The van der Waals surface area contributed by atoms with Crippen molar-refractivity contribution in [1.29, 1.82) is 0 Å². The summed E-state index contributed by atoms with van der Waals surface area (Å²) in [4.78, 5) is 8.87. The fraction of sp³-hybridized carbons (Fsp3) is 0.164. The molecule has 6 nitrogen and oxygen atoms in total. The van der Waals surface area contributed by atoms with Gasteiger partial charge in [-0.2, -0.15) is 12.1 Å². The Kier molecular flexibility index (Phi) is 14.2. The average molecular weight is 1250 g/mol. The molecule has 0 amide bonds. The Morgan fingerprint density at radius 3 is 1.75 bits per heavy atom. The van der Waals surface area contributed by atoms with E-state index >= 15 is 0 Å². The minimum absolute atomic E-state index is 0. The third-order valence-electron chi connectivity index (χ3n) is 15.6. The SMILES string of the molecule is [C-]#[N+]c1cccc(-c2cccc3c2[N+](c2cc(C(C)(C)C)cc(C(C)(C)C)c2)=C=[N+]3c2[c-]c(Oc3[c-]c4c(cc3)c3cc([Si](c5ccccc5)(c5ccccc5)c5ccccc5)ccc3n4-c3cc(C(C)(C)C)ccn3)ccc2)c1.[Pt+2]. The molecule has 0 bridgehead atoms. The second-order valence-electron chi connectivity index (χ2n) is 24.0. The van der Waals surface area contributed by atoms with E-state index in [0.29, 0.717) is 17.2 Å². The van der Waals surface area contributed by atoms with Gasteiger partial charge in [-0.25, -0.2) is 9.83 Å². The summed E-state index contributed by atoms with van der Waals surface area (Å²) >= 11 is 0. The number of para-hydroxylation sites is 1. The third kappa shape index (κ3) is 10.0. The minimum atomic E-state index is -2.86. The van der Waals surface area contributed by atoms with Crippen LogP contribution in [0.2, 0.25) is 0 Å². The van der Waals surface area contributed by atoms with Gasteiger partial charge in [0.1, 0.15) is 11.5 Å². The molecular weight excluding hydrogens is 1190 g/mol. The minimum Gasteiger partial charge on any atom is -0.509 e. The van der Waals surface area contributed by atoms with E-state index in [1.54, 1.807) is 0 Å². The molecule has 0 saturated heterocycles. The average Bonchev–Trinajstić information content (AvgIpc) is 3.31. The van der Waals surface area contributed by atoms with E-state index in [2.05, 4.69) is 269 Å². The van der Waals surface area contributed by atoms with Crippen molar-refractivity contribution in [1.82, 2.24) is 18.7 Å². The van der Waals surface area contributed by atoms with E-state index in [4.69, 9.17) is 16.3 Å². The van der Waals surface area contributed by atoms with Crippen molar-refractivity contribution in [3.63, 3.8) is 0 Å². The summed E-state index contributed by atoms with van der Waals surface area (Å²) in [6.45, 7) is 28.2. The van der Waals surface area contributed by atoms with Gasteiger partial charge < -0.3 is 9.30 Å². The summed E-state index contributed by atoms with van der Waals surface area (Å²) in [6, 6.07) is 87.2. The van der Waals surface area contributed by atoms with Crippen molar-refractivity contribution < 1.29 is 25.8 Å². The second kappa shape index (κ2) is 21.2. The van der Waals surface area contributed by atoms with Crippen LogP contribution < -0.4 is 34.6 Å². The molecule has 12 rings (SSSR count). The fourth-order valence-corrected chi connectivity index (χ4v) is 16.1. The van der Waals surface area contributed by atoms with Crippen molar-refractivity contribution in [2.75, 3.05) is 0 Å². The first-order valence-corrected chi connectivity index (χ1v) is 29.5. The Morgan fingerprint density at radius 2 is 1.14 bits per heavy atom. The molecule has 0 fully saturated rings. The Bertz CT molecular complexity index is 4190. The number of pyridine rings is 1. The van der Waals surface area contributed by atoms with Gasteiger partial charge in [0.05, 0.1) is 12.1 Å². The van der Waals surface area contributed by atoms with Crippen LogP contribution in [0.3, 0.4) is 0 Å². The van der Waals surface area contributed by atoms with Crippen molar-refractivity contribution in [3.05, 3.63) is 259 Å². The Hall–Kier alpha value is -8.49. The standard InChI is InChI=1S/C73H63N5OSi.Pt/c1-71(2,3)51-39-40-75-69(45-51)78-66-38-36-62(80(59-27-14-11-15-28-59,60-29-16-12-17-30-60)61-31-18-13-19-32-61)48-65(66)64-37-35-58(47-68(64)78)79-57-26-21-25-55(46-57)76-49-77(56-43-52(72(4,5)6)42-53(44-56)73(7,8)9)70-63(33-22-34-67(70)76)50-23-20-24-54(41-50)74-10;/h11-45,48H,1-9H3;/q;+2. The van der Waals surface area contributed by atoms with E-state index in [1.165, 1.54) is 37.4 Å². The number of fused-ring (bicyclic) bond motifs is 4. The van der Waals surface area contributed by atoms with Crippen LogP contribution in [-0.2, 0) is 37.3 Å². The van der Waals surface area contributed by atoms with E-state index in [0.717, 1.165) is 61.5 Å². The number of rotatable bonds is 10. The summed E-state index contributed by atoms with van der Waals surface area (Å²) in [5.41, 5.74) is 11.5. The van der Waals surface area contributed by atoms with Crippen LogP contribution in [0.4, 0.5) is 28.4 Å². The van der Waals surface area contributed by atoms with Gasteiger partial charge in [-0.15, -0.1) is 23.6 Å². The molecule has 1 aliphatic rings. The molecule has 0 atom stereocenters. The first-order chi connectivity index (χ1) is 38.5. The first kappa shape index (κ1) is 54.5. The zero-order valence-corrected chi connectivity index (χ0v) is 50.5. The molecule has 2 aromatic heterocycles. The zero-order valence-electron chi connectivity index (χ0n) is 47.2. The molecule has 1 aliphatic heterocycles. The molecule has 8 heteroatoms. The summed E-state index contributed by atoms with van der Waals surface area (Å²) in [5, 5.41) is 7.40. The van der Waals surface area contributed by atoms with Crippen LogP contribution in [0.15, 0.2) is 219 Å². The van der Waals surface area contributed by atoms with Crippen molar-refractivity contribution in [2.24, 2.45) is 0 Å². The predicted molar refractivity (Wildman–Crippen MR) is 335 cm³/mol. The summed E-state index contributed by atoms with van der Waals surface area (Å²) < 4.78 is 13.4. The molecular formula is C73H63N5OPtSi+2. The molecule has 11 aromatic rings. The summed E-state index contributed by atoms with van der Waals surface area (Å²) in [5.74, 6) is 1.90. The Morgan fingerprint density at radius 1 is 0.531 bits per heavy atom. The van der Waals surface area contributed by atoms with Gasteiger partial charge >= 0.3 is 32.8 Å². The number of hydrogen-bond acceptors (Lipinski definition) is 2. The molecule has 9 aromatic carbocycles. The molecule has 3 heterocycles. The van der Waals surface area contributed by atoms with Crippen LogP contribution in [0.5, 0.6) is 11.5 Å². The van der Waals surface area contributed by atoms with E-state index in [9.17, 15) is 0 Å². The van der Waals surface area contributed by atoms with Crippen LogP contribution in [0.1, 0.15) is 79.0 Å². The normalized spacial score (nSPS) is 12.6. The topological polar surface area (TPSA) is 37.4 Å². The van der Waals surface area contributed by atoms with Gasteiger partial charge in [0, 0.05) is 41.4 Å². The molecule has 0 aliphatic carbocycles. The maximum atomic E-state index is 7.86. The molecule has 0 unspecified atom stereocenters. The zero-order chi connectivity index (χ0) is 55.6. The van der Waals surface area contributed by atoms with Gasteiger partial charge in [-0.3, -0.25) is 0 Å². The predicted octanol–water partition coefficient (Wildman–Crippen LogP) is 15.9. The smallest absolute Gasteiger partial charge is 0.509 e. The van der Waals surface area contributed by atoms with Crippen molar-refractivity contribution in [3.8, 4) is 28.4 Å². The largest absolute Gasteiger partial charge is 2.00 e. The van der Waals surface area contributed by atoms with E-state index < -0.39 is 8.07 Å². The van der Waals surface area contributed by atoms with Gasteiger partial charge in [0.15, 0.2) is 13.8 Å². The van der Waals surface area contributed by atoms with Crippen LogP contribution >= 0.6 is 0 Å². The number of benzene rings is 9. The monoisotopic (exact) mass is 1250 g/mol. The van der Waals surface area contributed by atoms with E-state index in [1.807, 2.05) is 48.7 Å². The molecule has 0 radical (unpaired) electrons. The second-order valence-corrected chi connectivity index (χ2v) is 27.8. The quantitative estimate of drug-likeness (QED) is 0.0592. The number of nitrogens with zero attached hydrogens (tertiary/aromatic N) is 5. The van der Waals surface area contributed by atoms with Gasteiger partial charge in [0.25, 0.3) is 5.69 Å². The first-order valence-electron chi connectivity index (χ1n) is 27.5. The van der Waals surface area contributed by atoms with Crippen LogP contribution in [0, 0.1) is 18.7 Å². The maximum absolute atomic E-state index is 7.86. The molecule has 0 saturated carbocycles. The Labute approximate surface area is 492 Å². The van der Waals surface area contributed by atoms with Crippen molar-refractivity contribution >= 4 is 85.1 Å². The van der Waals surface area contributed by atoms with Crippen molar-refractivity contribution in [2.45, 2.75) is 78.6 Å². The molecule has 0 N–H and O–H groups in total. The summed E-state index contributed by atoms with van der Waals surface area (Å²) in [7, 11) is -2.86. The molecule has 398 valence electrons.